The molecule has 1 aromatic carbocycles. The van der Waals surface area contributed by atoms with Gasteiger partial charge in [0.25, 0.3) is 0 Å². The van der Waals surface area contributed by atoms with Crippen molar-refractivity contribution in [1.29, 1.82) is 0 Å². The fraction of sp³-hybridized carbons (Fsp3) is 0.444. The number of hydrogen-bond acceptors (Lipinski definition) is 7. The van der Waals surface area contributed by atoms with E-state index in [-0.39, 0.29) is 0 Å². The topological polar surface area (TPSA) is 70.7 Å². The summed E-state index contributed by atoms with van der Waals surface area (Å²) in [6.07, 6.45) is 1.63. The Balaban J connectivity index is 1.48. The highest BCUT2D eigenvalue weighted by atomic mass is 16.5. The SMILES string of the molecule is Nc1c(N2CCOCC2)ncnc1N1CCN(c2ccccc2)CC1. The Morgan fingerprint density at radius 3 is 1.96 bits per heavy atom. The molecule has 0 bridgehead atoms. The molecule has 2 aliphatic heterocycles. The first-order chi connectivity index (χ1) is 12.3. The second kappa shape index (κ2) is 7.14. The molecule has 0 unspecified atom stereocenters. The lowest BCUT2D eigenvalue weighted by Gasteiger charge is -2.37. The van der Waals surface area contributed by atoms with Gasteiger partial charge in [0, 0.05) is 45.0 Å². The second-order valence-electron chi connectivity index (χ2n) is 6.34. The van der Waals surface area contributed by atoms with Gasteiger partial charge < -0.3 is 25.2 Å². The van der Waals surface area contributed by atoms with Gasteiger partial charge in [-0.3, -0.25) is 0 Å². The molecule has 2 N–H and O–H groups in total. The van der Waals surface area contributed by atoms with E-state index in [0.717, 1.165) is 50.9 Å². The van der Waals surface area contributed by atoms with E-state index in [0.29, 0.717) is 18.9 Å². The number of morpholine rings is 1. The average Bonchev–Trinajstić information content (AvgIpc) is 2.70. The zero-order valence-corrected chi connectivity index (χ0v) is 14.3. The number of nitrogens with two attached hydrogens (primary N) is 1. The summed E-state index contributed by atoms with van der Waals surface area (Å²) in [4.78, 5) is 15.7. The molecule has 132 valence electrons. The Bertz CT molecular complexity index is 696. The molecule has 0 radical (unpaired) electrons. The predicted molar refractivity (Wildman–Crippen MR) is 100 cm³/mol. The van der Waals surface area contributed by atoms with Crippen molar-refractivity contribution in [1.82, 2.24) is 9.97 Å². The molecule has 3 heterocycles. The van der Waals surface area contributed by atoms with Gasteiger partial charge in [-0.05, 0) is 12.1 Å². The van der Waals surface area contributed by atoms with Crippen LogP contribution >= 0.6 is 0 Å². The highest BCUT2D eigenvalue weighted by Gasteiger charge is 2.23. The third-order valence-electron chi connectivity index (χ3n) is 4.85. The molecule has 7 heteroatoms. The maximum Gasteiger partial charge on any atom is 0.157 e. The normalized spacial score (nSPS) is 18.5. The van der Waals surface area contributed by atoms with Crippen molar-refractivity contribution < 1.29 is 4.74 Å². The summed E-state index contributed by atoms with van der Waals surface area (Å²) in [6, 6.07) is 10.5. The Kier molecular flexibility index (Phi) is 4.56. The number of piperazine rings is 1. The van der Waals surface area contributed by atoms with E-state index in [1.54, 1.807) is 6.33 Å². The van der Waals surface area contributed by atoms with Gasteiger partial charge in [0.05, 0.1) is 13.2 Å². The van der Waals surface area contributed by atoms with Gasteiger partial charge in [-0.25, -0.2) is 9.97 Å². The first-order valence-corrected chi connectivity index (χ1v) is 8.81. The Morgan fingerprint density at radius 2 is 1.32 bits per heavy atom. The second-order valence-corrected chi connectivity index (χ2v) is 6.34. The van der Waals surface area contributed by atoms with Crippen LogP contribution in [0.25, 0.3) is 0 Å². The highest BCUT2D eigenvalue weighted by Crippen LogP contribution is 2.30. The van der Waals surface area contributed by atoms with Gasteiger partial charge in [-0.1, -0.05) is 18.2 Å². The molecule has 2 aromatic rings. The highest BCUT2D eigenvalue weighted by molar-refractivity contribution is 5.76. The maximum atomic E-state index is 6.43. The zero-order chi connectivity index (χ0) is 17.1. The summed E-state index contributed by atoms with van der Waals surface area (Å²) in [5.74, 6) is 1.68. The van der Waals surface area contributed by atoms with Crippen LogP contribution in [0.3, 0.4) is 0 Å². The molecule has 0 amide bonds. The molecule has 2 saturated heterocycles. The molecular weight excluding hydrogens is 316 g/mol. The minimum Gasteiger partial charge on any atom is -0.393 e. The van der Waals surface area contributed by atoms with E-state index in [1.807, 2.05) is 0 Å². The van der Waals surface area contributed by atoms with Gasteiger partial charge in [0.15, 0.2) is 11.6 Å². The van der Waals surface area contributed by atoms with Crippen LogP contribution in [0, 0.1) is 0 Å². The molecule has 1 aromatic heterocycles. The van der Waals surface area contributed by atoms with Crippen LogP contribution in [-0.4, -0.2) is 62.5 Å². The third-order valence-corrected chi connectivity index (χ3v) is 4.85. The molecule has 25 heavy (non-hydrogen) atoms. The lowest BCUT2D eigenvalue weighted by Crippen LogP contribution is -2.47. The van der Waals surface area contributed by atoms with Crippen LogP contribution in [0.4, 0.5) is 23.0 Å². The van der Waals surface area contributed by atoms with Crippen molar-refractivity contribution in [3.63, 3.8) is 0 Å². The Labute approximate surface area is 148 Å². The van der Waals surface area contributed by atoms with Crippen molar-refractivity contribution in [2.45, 2.75) is 0 Å². The number of nitrogen functional groups attached to an aromatic ring is 1. The number of ether oxygens (including phenoxy) is 1. The minimum atomic E-state index is 0.678. The van der Waals surface area contributed by atoms with E-state index in [2.05, 4.69) is 55.0 Å². The lowest BCUT2D eigenvalue weighted by molar-refractivity contribution is 0.122. The summed E-state index contributed by atoms with van der Waals surface area (Å²) in [7, 11) is 0. The molecule has 2 fully saturated rings. The van der Waals surface area contributed by atoms with Crippen LogP contribution in [0.1, 0.15) is 0 Å². The number of aromatic nitrogens is 2. The van der Waals surface area contributed by atoms with Gasteiger partial charge in [0.2, 0.25) is 0 Å². The standard InChI is InChI=1S/C18H24N6O/c19-16-17(20-14-21-18(16)24-10-12-25-13-11-24)23-8-6-22(7-9-23)15-4-2-1-3-5-15/h1-5,14H,6-13,19H2. The fourth-order valence-electron chi connectivity index (χ4n) is 3.47. The fourth-order valence-corrected chi connectivity index (χ4v) is 3.47. The van der Waals surface area contributed by atoms with Gasteiger partial charge in [-0.15, -0.1) is 0 Å². The quantitative estimate of drug-likeness (QED) is 0.901. The summed E-state index contributed by atoms with van der Waals surface area (Å²) in [5, 5.41) is 0. The molecule has 7 nitrogen and oxygen atoms in total. The molecule has 4 rings (SSSR count). The van der Waals surface area contributed by atoms with Crippen LogP contribution in [0.15, 0.2) is 36.7 Å². The average molecular weight is 340 g/mol. The van der Waals surface area contributed by atoms with Gasteiger partial charge in [0.1, 0.15) is 12.0 Å². The maximum absolute atomic E-state index is 6.43. The summed E-state index contributed by atoms with van der Waals surface area (Å²) >= 11 is 0. The zero-order valence-electron chi connectivity index (χ0n) is 14.3. The molecule has 2 aliphatic rings. The number of para-hydroxylation sites is 1. The Hall–Kier alpha value is -2.54. The monoisotopic (exact) mass is 340 g/mol. The molecule has 0 aliphatic carbocycles. The summed E-state index contributed by atoms with van der Waals surface area (Å²) in [5.41, 5.74) is 8.38. The number of anilines is 4. The van der Waals surface area contributed by atoms with E-state index in [1.165, 1.54) is 5.69 Å². The molecule has 0 atom stereocenters. The number of hydrogen-bond donors (Lipinski definition) is 1. The molecule has 0 spiro atoms. The van der Waals surface area contributed by atoms with Crippen LogP contribution in [0.2, 0.25) is 0 Å². The van der Waals surface area contributed by atoms with Gasteiger partial charge >= 0.3 is 0 Å². The predicted octanol–water partition coefficient (Wildman–Crippen LogP) is 1.22. The van der Waals surface area contributed by atoms with Crippen molar-refractivity contribution >= 4 is 23.0 Å². The molecular formula is C18H24N6O. The van der Waals surface area contributed by atoms with Crippen molar-refractivity contribution in [2.75, 3.05) is 72.9 Å². The lowest BCUT2D eigenvalue weighted by atomic mass is 10.2. The number of benzene rings is 1. The molecule has 0 saturated carbocycles. The van der Waals surface area contributed by atoms with Crippen LogP contribution in [-0.2, 0) is 4.74 Å². The number of nitrogens with zero attached hydrogens (tertiary/aromatic N) is 5. The van der Waals surface area contributed by atoms with Crippen molar-refractivity contribution in [3.8, 4) is 0 Å². The van der Waals surface area contributed by atoms with Gasteiger partial charge in [-0.2, -0.15) is 0 Å². The van der Waals surface area contributed by atoms with E-state index < -0.39 is 0 Å². The summed E-state index contributed by atoms with van der Waals surface area (Å²) < 4.78 is 5.42. The van der Waals surface area contributed by atoms with Crippen molar-refractivity contribution in [3.05, 3.63) is 36.7 Å². The van der Waals surface area contributed by atoms with Crippen molar-refractivity contribution in [2.24, 2.45) is 0 Å². The largest absolute Gasteiger partial charge is 0.393 e. The minimum absolute atomic E-state index is 0.678. The first kappa shape index (κ1) is 16.0. The Morgan fingerprint density at radius 1 is 0.760 bits per heavy atom. The first-order valence-electron chi connectivity index (χ1n) is 8.81. The van der Waals surface area contributed by atoms with Crippen LogP contribution < -0.4 is 20.4 Å². The van der Waals surface area contributed by atoms with E-state index in [4.69, 9.17) is 10.5 Å². The smallest absolute Gasteiger partial charge is 0.157 e. The third kappa shape index (κ3) is 3.32. The summed E-state index contributed by atoms with van der Waals surface area (Å²) in [6.45, 7) is 6.80. The number of rotatable bonds is 3. The van der Waals surface area contributed by atoms with E-state index in [9.17, 15) is 0 Å². The van der Waals surface area contributed by atoms with Crippen LogP contribution in [0.5, 0.6) is 0 Å². The van der Waals surface area contributed by atoms with E-state index >= 15 is 0 Å².